The Morgan fingerprint density at radius 1 is 1.22 bits per heavy atom. The molecule has 3 rings (SSSR count). The highest BCUT2D eigenvalue weighted by molar-refractivity contribution is 7.10. The molecule has 0 saturated carbocycles. The molecule has 0 radical (unpaired) electrons. The Morgan fingerprint density at radius 2 is 1.93 bits per heavy atom. The van der Waals surface area contributed by atoms with Gasteiger partial charge in [0, 0.05) is 28.4 Å². The highest BCUT2D eigenvalue weighted by atomic mass is 35.5. The first-order chi connectivity index (χ1) is 12.9. The van der Waals surface area contributed by atoms with Crippen molar-refractivity contribution < 1.29 is 19.6 Å². The zero-order valence-corrected chi connectivity index (χ0v) is 16.8. The number of likely N-dealkylation sites (tertiary alicyclic amines) is 1. The number of rotatable bonds is 6. The maximum atomic E-state index is 13.1. The van der Waals surface area contributed by atoms with Crippen LogP contribution in [0.15, 0.2) is 47.4 Å². The molecule has 142 valence electrons. The van der Waals surface area contributed by atoms with E-state index in [1.54, 1.807) is 29.2 Å². The molecule has 1 unspecified atom stereocenters. The van der Waals surface area contributed by atoms with Gasteiger partial charge in [0.2, 0.25) is 5.78 Å². The normalized spacial score (nSPS) is 19.3. The summed E-state index contributed by atoms with van der Waals surface area (Å²) in [6, 6.07) is 9.48. The lowest BCUT2D eigenvalue weighted by atomic mass is 10.00. The number of carbonyl (C=O) groups is 2. The predicted molar refractivity (Wildman–Crippen MR) is 104 cm³/mol. The SMILES string of the molecule is C[NH+](C)CCCN1C(=O)C(=O)/C(=C(/[O-])c2ccc(Cl)cc2)C1c1cccs1. The molecule has 5 nitrogen and oxygen atoms in total. The molecule has 0 aliphatic carbocycles. The number of hydrogen-bond acceptors (Lipinski definition) is 4. The number of hydrogen-bond donors (Lipinski definition) is 1. The summed E-state index contributed by atoms with van der Waals surface area (Å²) in [7, 11) is 4.07. The lowest BCUT2D eigenvalue weighted by molar-refractivity contribution is -0.858. The monoisotopic (exact) mass is 404 g/mol. The third-order valence-corrected chi connectivity index (χ3v) is 5.70. The topological polar surface area (TPSA) is 64.9 Å². The molecule has 2 aromatic rings. The lowest BCUT2D eigenvalue weighted by Gasteiger charge is -2.26. The number of thiophene rings is 1. The van der Waals surface area contributed by atoms with Gasteiger partial charge < -0.3 is 14.9 Å². The largest absolute Gasteiger partial charge is 0.872 e. The van der Waals surface area contributed by atoms with Crippen molar-refractivity contribution in [2.45, 2.75) is 12.5 Å². The number of Topliss-reactive ketones (excluding diaryl/α,β-unsaturated/α-hetero) is 1. The van der Waals surface area contributed by atoms with Crippen LogP contribution in [0.2, 0.25) is 5.02 Å². The van der Waals surface area contributed by atoms with E-state index in [1.165, 1.54) is 16.2 Å². The molecule has 1 fully saturated rings. The van der Waals surface area contributed by atoms with Crippen molar-refractivity contribution in [2.24, 2.45) is 0 Å². The second kappa shape index (κ2) is 8.25. The van der Waals surface area contributed by atoms with Gasteiger partial charge in [-0.2, -0.15) is 0 Å². The van der Waals surface area contributed by atoms with Crippen LogP contribution in [0.1, 0.15) is 22.9 Å². The predicted octanol–water partition coefficient (Wildman–Crippen LogP) is 1.16. The summed E-state index contributed by atoms with van der Waals surface area (Å²) in [6.07, 6.45) is 0.756. The summed E-state index contributed by atoms with van der Waals surface area (Å²) in [6.45, 7) is 1.31. The Labute approximate surface area is 167 Å². The van der Waals surface area contributed by atoms with E-state index in [-0.39, 0.29) is 5.57 Å². The lowest BCUT2D eigenvalue weighted by Crippen LogP contribution is -3.05. The van der Waals surface area contributed by atoms with Gasteiger partial charge in [0.25, 0.3) is 5.91 Å². The van der Waals surface area contributed by atoms with E-state index < -0.39 is 23.5 Å². The molecular weight excluding hydrogens is 384 g/mol. The minimum absolute atomic E-state index is 0.0296. The van der Waals surface area contributed by atoms with Crippen LogP contribution in [0.4, 0.5) is 0 Å². The number of nitrogens with zero attached hydrogens (tertiary/aromatic N) is 1. The first-order valence-corrected chi connectivity index (χ1v) is 10.0. The number of halogens is 1. The number of quaternary nitrogens is 1. The fourth-order valence-corrected chi connectivity index (χ4v) is 4.17. The Morgan fingerprint density at radius 3 is 2.52 bits per heavy atom. The van der Waals surface area contributed by atoms with Crippen molar-refractivity contribution >= 4 is 40.4 Å². The Bertz CT molecular complexity index is 860. The van der Waals surface area contributed by atoms with E-state index in [9.17, 15) is 14.7 Å². The minimum atomic E-state index is -0.703. The highest BCUT2D eigenvalue weighted by Gasteiger charge is 2.44. The van der Waals surface area contributed by atoms with E-state index in [4.69, 9.17) is 11.6 Å². The second-order valence-electron chi connectivity index (χ2n) is 6.81. The number of ketones is 1. The molecule has 1 aliphatic heterocycles. The standard InChI is InChI=1S/C20H21ClN2O3S/c1-22(2)10-4-11-23-17(15-5-3-12-27-15)16(19(25)20(23)26)18(24)13-6-8-14(21)9-7-13/h3,5-9,12,17,24H,4,10-11H2,1-2H3/b18-16+. The fourth-order valence-electron chi connectivity index (χ4n) is 3.20. The molecule has 0 bridgehead atoms. The van der Waals surface area contributed by atoms with E-state index in [0.29, 0.717) is 17.1 Å². The number of amides is 1. The minimum Gasteiger partial charge on any atom is -0.872 e. The molecule has 1 aromatic carbocycles. The van der Waals surface area contributed by atoms with Crippen LogP contribution in [0.25, 0.3) is 5.76 Å². The Hall–Kier alpha value is -2.15. The number of carbonyl (C=O) groups excluding carboxylic acids is 2. The van der Waals surface area contributed by atoms with Gasteiger partial charge >= 0.3 is 0 Å². The molecule has 7 heteroatoms. The van der Waals surface area contributed by atoms with Gasteiger partial charge in [0.15, 0.2) is 0 Å². The van der Waals surface area contributed by atoms with Gasteiger partial charge in [-0.15, -0.1) is 11.3 Å². The van der Waals surface area contributed by atoms with Crippen LogP contribution in [0, 0.1) is 0 Å². The van der Waals surface area contributed by atoms with Gasteiger partial charge in [0.1, 0.15) is 0 Å². The summed E-state index contributed by atoms with van der Waals surface area (Å²) in [5, 5.41) is 15.5. The van der Waals surface area contributed by atoms with Crippen LogP contribution in [-0.2, 0) is 9.59 Å². The summed E-state index contributed by atoms with van der Waals surface area (Å²) in [4.78, 5) is 29.0. The van der Waals surface area contributed by atoms with E-state index in [2.05, 4.69) is 0 Å². The third-order valence-electron chi connectivity index (χ3n) is 4.52. The van der Waals surface area contributed by atoms with Crippen LogP contribution in [0.5, 0.6) is 0 Å². The van der Waals surface area contributed by atoms with Crippen molar-refractivity contribution in [1.29, 1.82) is 0 Å². The third kappa shape index (κ3) is 4.08. The molecule has 1 amide bonds. The molecule has 2 heterocycles. The van der Waals surface area contributed by atoms with Gasteiger partial charge in [-0.1, -0.05) is 35.6 Å². The van der Waals surface area contributed by atoms with Gasteiger partial charge in [-0.05, 0) is 29.1 Å². The first kappa shape index (κ1) is 19.6. The zero-order valence-electron chi connectivity index (χ0n) is 15.2. The Balaban J connectivity index is 2.03. The van der Waals surface area contributed by atoms with Crippen LogP contribution < -0.4 is 10.0 Å². The smallest absolute Gasteiger partial charge is 0.295 e. The second-order valence-corrected chi connectivity index (χ2v) is 8.22. The van der Waals surface area contributed by atoms with Crippen LogP contribution >= 0.6 is 22.9 Å². The van der Waals surface area contributed by atoms with Crippen molar-refractivity contribution in [3.8, 4) is 0 Å². The quantitative estimate of drug-likeness (QED) is 0.446. The van der Waals surface area contributed by atoms with Gasteiger partial charge in [0.05, 0.1) is 26.7 Å². The van der Waals surface area contributed by atoms with Crippen molar-refractivity contribution in [3.63, 3.8) is 0 Å². The first-order valence-electron chi connectivity index (χ1n) is 8.75. The summed E-state index contributed by atoms with van der Waals surface area (Å²) in [5.41, 5.74) is 0.388. The Kier molecular flexibility index (Phi) is 5.99. The average Bonchev–Trinajstić information content (AvgIpc) is 3.24. The molecular formula is C20H21ClN2O3S. The number of benzene rings is 1. The fraction of sp³-hybridized carbons (Fsp3) is 0.300. The van der Waals surface area contributed by atoms with Gasteiger partial charge in [-0.3, -0.25) is 9.59 Å². The van der Waals surface area contributed by atoms with E-state index in [1.807, 2.05) is 31.6 Å². The summed E-state index contributed by atoms with van der Waals surface area (Å²) < 4.78 is 0. The molecule has 1 saturated heterocycles. The molecule has 1 atom stereocenters. The van der Waals surface area contributed by atoms with Crippen LogP contribution in [0.3, 0.4) is 0 Å². The van der Waals surface area contributed by atoms with Gasteiger partial charge in [-0.25, -0.2) is 0 Å². The van der Waals surface area contributed by atoms with E-state index >= 15 is 0 Å². The zero-order chi connectivity index (χ0) is 19.6. The molecule has 0 spiro atoms. The summed E-state index contributed by atoms with van der Waals surface area (Å²) >= 11 is 7.34. The highest BCUT2D eigenvalue weighted by Crippen LogP contribution is 2.40. The summed E-state index contributed by atoms with van der Waals surface area (Å²) in [5.74, 6) is -1.71. The maximum absolute atomic E-state index is 13.1. The van der Waals surface area contributed by atoms with E-state index in [0.717, 1.165) is 17.8 Å². The molecule has 1 aromatic heterocycles. The number of nitrogens with one attached hydrogen (secondary N) is 1. The molecule has 1 aliphatic rings. The van der Waals surface area contributed by atoms with Crippen molar-refractivity contribution in [1.82, 2.24) is 4.90 Å². The maximum Gasteiger partial charge on any atom is 0.295 e. The molecule has 1 N–H and O–H groups in total. The molecule has 27 heavy (non-hydrogen) atoms. The van der Waals surface area contributed by atoms with Crippen molar-refractivity contribution in [3.05, 3.63) is 62.8 Å². The van der Waals surface area contributed by atoms with Crippen molar-refractivity contribution in [2.75, 3.05) is 27.2 Å². The van der Waals surface area contributed by atoms with Crippen LogP contribution in [-0.4, -0.2) is 43.8 Å². The average molecular weight is 405 g/mol.